The first-order valence-corrected chi connectivity index (χ1v) is 9.64. The lowest BCUT2D eigenvalue weighted by Crippen LogP contribution is -2.40. The molecule has 0 spiro atoms. The van der Waals surface area contributed by atoms with E-state index in [9.17, 15) is 4.79 Å². The van der Waals surface area contributed by atoms with Gasteiger partial charge in [-0.2, -0.15) is 0 Å². The molecule has 3 atom stereocenters. The number of hydrogen-bond acceptors (Lipinski definition) is 3. The van der Waals surface area contributed by atoms with Crippen molar-refractivity contribution in [1.29, 1.82) is 0 Å². The number of carbonyl (C=O) groups is 1. The molecule has 1 amide bonds. The molecule has 3 aliphatic rings. The van der Waals surface area contributed by atoms with Crippen molar-refractivity contribution in [2.75, 3.05) is 0 Å². The SMILES string of the molecule is O=C1C(=Cc2cccc3ccccc23)SC2NC3CCCCC3N12. The van der Waals surface area contributed by atoms with Gasteiger partial charge in [0.25, 0.3) is 5.91 Å². The smallest absolute Gasteiger partial charge is 0.262 e. The summed E-state index contributed by atoms with van der Waals surface area (Å²) in [5.41, 5.74) is 1.26. The third kappa shape index (κ3) is 2.20. The molecule has 1 N–H and O–H groups in total. The lowest BCUT2D eigenvalue weighted by Gasteiger charge is -2.29. The first kappa shape index (κ1) is 14.6. The number of nitrogens with zero attached hydrogens (tertiary/aromatic N) is 1. The van der Waals surface area contributed by atoms with Gasteiger partial charge in [0.2, 0.25) is 0 Å². The van der Waals surface area contributed by atoms with Gasteiger partial charge < -0.3 is 4.90 Å². The Hall–Kier alpha value is -1.78. The Labute approximate surface area is 146 Å². The molecule has 2 saturated heterocycles. The van der Waals surface area contributed by atoms with E-state index in [0.717, 1.165) is 16.9 Å². The van der Waals surface area contributed by atoms with E-state index in [1.807, 2.05) is 0 Å². The van der Waals surface area contributed by atoms with Crippen LogP contribution in [0.3, 0.4) is 0 Å². The minimum atomic E-state index is 0.131. The predicted molar refractivity (Wildman–Crippen MR) is 99.3 cm³/mol. The Balaban J connectivity index is 1.50. The second kappa shape index (κ2) is 5.64. The fourth-order valence-electron chi connectivity index (χ4n) is 4.34. The van der Waals surface area contributed by atoms with Crippen molar-refractivity contribution in [3.63, 3.8) is 0 Å². The van der Waals surface area contributed by atoms with Crippen molar-refractivity contribution >= 4 is 34.5 Å². The maximum atomic E-state index is 13.0. The number of fused-ring (bicyclic) bond motifs is 4. The molecule has 5 rings (SSSR count). The first-order valence-electron chi connectivity index (χ1n) is 8.76. The monoisotopic (exact) mass is 336 g/mol. The van der Waals surface area contributed by atoms with Crippen LogP contribution >= 0.6 is 11.8 Å². The number of rotatable bonds is 1. The Morgan fingerprint density at radius 1 is 1.08 bits per heavy atom. The molecule has 24 heavy (non-hydrogen) atoms. The molecule has 3 fully saturated rings. The third-order valence-corrected chi connectivity index (χ3v) is 6.62. The van der Waals surface area contributed by atoms with E-state index in [1.54, 1.807) is 11.8 Å². The molecule has 0 radical (unpaired) electrons. The Kier molecular flexibility index (Phi) is 3.42. The van der Waals surface area contributed by atoms with Crippen LogP contribution in [0.1, 0.15) is 31.2 Å². The molecule has 3 nitrogen and oxygen atoms in total. The molecule has 122 valence electrons. The van der Waals surface area contributed by atoms with Gasteiger partial charge in [0.05, 0.1) is 4.91 Å². The Morgan fingerprint density at radius 2 is 1.92 bits per heavy atom. The summed E-state index contributed by atoms with van der Waals surface area (Å²) in [6.45, 7) is 0. The summed E-state index contributed by atoms with van der Waals surface area (Å²) in [4.78, 5) is 16.0. The maximum absolute atomic E-state index is 13.0. The van der Waals surface area contributed by atoms with E-state index in [-0.39, 0.29) is 11.4 Å². The molecule has 2 aliphatic heterocycles. The molecule has 0 bridgehead atoms. The van der Waals surface area contributed by atoms with E-state index in [4.69, 9.17) is 0 Å². The largest absolute Gasteiger partial charge is 0.309 e. The summed E-state index contributed by atoms with van der Waals surface area (Å²) in [6.07, 6.45) is 6.95. The minimum Gasteiger partial charge on any atom is -0.309 e. The highest BCUT2D eigenvalue weighted by Crippen LogP contribution is 2.43. The standard InChI is InChI=1S/C20H20N2OS/c23-19-18(12-14-8-5-7-13-6-1-2-9-15(13)14)24-20-21-16-10-3-4-11-17(16)22(19)20/h1-2,5-9,12,16-17,20-21H,3-4,10-11H2. The molecular weight excluding hydrogens is 316 g/mol. The first-order chi connectivity index (χ1) is 11.8. The van der Waals surface area contributed by atoms with Crippen LogP contribution in [-0.4, -0.2) is 28.4 Å². The van der Waals surface area contributed by atoms with Crippen molar-refractivity contribution < 1.29 is 4.79 Å². The van der Waals surface area contributed by atoms with E-state index in [0.29, 0.717) is 12.1 Å². The van der Waals surface area contributed by atoms with E-state index >= 15 is 0 Å². The molecule has 3 unspecified atom stereocenters. The number of amides is 1. The van der Waals surface area contributed by atoms with Crippen molar-refractivity contribution in [2.24, 2.45) is 0 Å². The van der Waals surface area contributed by atoms with Gasteiger partial charge in [0, 0.05) is 12.1 Å². The number of thioether (sulfide) groups is 1. The van der Waals surface area contributed by atoms with Gasteiger partial charge in [-0.15, -0.1) is 0 Å². The summed E-state index contributed by atoms with van der Waals surface area (Å²) >= 11 is 1.69. The summed E-state index contributed by atoms with van der Waals surface area (Å²) in [6, 6.07) is 15.5. The number of carbonyl (C=O) groups excluding carboxylic acids is 1. The highest BCUT2D eigenvalue weighted by molar-refractivity contribution is 8.05. The van der Waals surface area contributed by atoms with Crippen LogP contribution in [0, 0.1) is 0 Å². The Morgan fingerprint density at radius 3 is 2.88 bits per heavy atom. The van der Waals surface area contributed by atoms with Gasteiger partial charge in [-0.3, -0.25) is 10.1 Å². The lowest BCUT2D eigenvalue weighted by atomic mass is 9.91. The van der Waals surface area contributed by atoms with Gasteiger partial charge in [-0.25, -0.2) is 0 Å². The molecule has 2 aromatic rings. The molecular formula is C20H20N2OS. The van der Waals surface area contributed by atoms with Crippen LogP contribution in [0.4, 0.5) is 0 Å². The Bertz CT molecular complexity index is 841. The molecule has 4 heteroatoms. The highest BCUT2D eigenvalue weighted by atomic mass is 32.2. The fraction of sp³-hybridized carbons (Fsp3) is 0.350. The molecule has 1 aliphatic carbocycles. The highest BCUT2D eigenvalue weighted by Gasteiger charge is 2.49. The molecule has 0 aromatic heterocycles. The summed E-state index contributed by atoms with van der Waals surface area (Å²) in [5, 5.41) is 6.09. The molecule has 2 heterocycles. The van der Waals surface area contributed by atoms with Gasteiger partial charge in [0.15, 0.2) is 0 Å². The quantitative estimate of drug-likeness (QED) is 0.800. The van der Waals surface area contributed by atoms with Gasteiger partial charge in [-0.1, -0.05) is 67.1 Å². The zero-order valence-electron chi connectivity index (χ0n) is 13.4. The van der Waals surface area contributed by atoms with E-state index in [2.05, 4.69) is 58.8 Å². The summed E-state index contributed by atoms with van der Waals surface area (Å²) in [7, 11) is 0. The molecule has 1 saturated carbocycles. The van der Waals surface area contributed by atoms with Crippen molar-refractivity contribution in [3.05, 3.63) is 52.9 Å². The summed E-state index contributed by atoms with van der Waals surface area (Å²) in [5.74, 6) is 0.208. The van der Waals surface area contributed by atoms with Crippen molar-refractivity contribution in [2.45, 2.75) is 43.3 Å². The van der Waals surface area contributed by atoms with Crippen LogP contribution in [0.2, 0.25) is 0 Å². The van der Waals surface area contributed by atoms with Crippen LogP contribution < -0.4 is 5.32 Å². The van der Waals surface area contributed by atoms with Crippen molar-refractivity contribution in [1.82, 2.24) is 10.2 Å². The van der Waals surface area contributed by atoms with Crippen LogP contribution in [0.25, 0.3) is 16.8 Å². The number of benzene rings is 2. The summed E-state index contributed by atoms with van der Waals surface area (Å²) < 4.78 is 0. The maximum Gasteiger partial charge on any atom is 0.262 e. The predicted octanol–water partition coefficient (Wildman–Crippen LogP) is 3.95. The zero-order valence-corrected chi connectivity index (χ0v) is 14.3. The average molecular weight is 336 g/mol. The van der Waals surface area contributed by atoms with Gasteiger partial charge in [-0.05, 0) is 35.3 Å². The topological polar surface area (TPSA) is 32.3 Å². The zero-order chi connectivity index (χ0) is 16.1. The van der Waals surface area contributed by atoms with Crippen molar-refractivity contribution in [3.8, 4) is 0 Å². The van der Waals surface area contributed by atoms with Gasteiger partial charge in [0.1, 0.15) is 5.50 Å². The number of hydrogen-bond donors (Lipinski definition) is 1. The average Bonchev–Trinajstić information content (AvgIpc) is 3.12. The second-order valence-corrected chi connectivity index (χ2v) is 8.01. The minimum absolute atomic E-state index is 0.131. The fourth-order valence-corrected chi connectivity index (χ4v) is 5.59. The van der Waals surface area contributed by atoms with Crippen LogP contribution in [0.15, 0.2) is 47.4 Å². The van der Waals surface area contributed by atoms with Crippen LogP contribution in [-0.2, 0) is 4.79 Å². The second-order valence-electron chi connectivity index (χ2n) is 6.88. The van der Waals surface area contributed by atoms with E-state index < -0.39 is 0 Å². The number of nitrogens with one attached hydrogen (secondary N) is 1. The third-order valence-electron chi connectivity index (χ3n) is 5.49. The van der Waals surface area contributed by atoms with Gasteiger partial charge >= 0.3 is 0 Å². The van der Waals surface area contributed by atoms with E-state index in [1.165, 1.54) is 30.0 Å². The normalized spacial score (nSPS) is 30.8. The van der Waals surface area contributed by atoms with Crippen LogP contribution in [0.5, 0.6) is 0 Å². The molecule has 2 aromatic carbocycles. The lowest BCUT2D eigenvalue weighted by molar-refractivity contribution is -0.127.